The molecule has 0 N–H and O–H groups in total. The summed E-state index contributed by atoms with van der Waals surface area (Å²) in [6.07, 6.45) is 0. The van der Waals surface area contributed by atoms with Crippen LogP contribution in [0, 0.1) is 0 Å². The fourth-order valence-electron chi connectivity index (χ4n) is 3.49. The summed E-state index contributed by atoms with van der Waals surface area (Å²) >= 11 is 49.3. The molecular formula is C10H28Cl8O4Si8. The van der Waals surface area contributed by atoms with Gasteiger partial charge in [-0.2, -0.15) is 0 Å². The van der Waals surface area contributed by atoms with Gasteiger partial charge in [-0.05, 0) is 31.2 Å². The van der Waals surface area contributed by atoms with E-state index in [9.17, 15) is 0 Å². The second-order valence-electron chi connectivity index (χ2n) is 8.02. The molecule has 1 fully saturated rings. The zero-order chi connectivity index (χ0) is 23.3. The van der Waals surface area contributed by atoms with Gasteiger partial charge in [0.25, 0.3) is 24.2 Å². The van der Waals surface area contributed by atoms with E-state index < -0.39 is 83.5 Å². The molecule has 0 aromatic carbocycles. The zero-order valence-electron chi connectivity index (χ0n) is 17.2. The van der Waals surface area contributed by atoms with Gasteiger partial charge in [-0.1, -0.05) is 6.92 Å². The van der Waals surface area contributed by atoms with Crippen molar-refractivity contribution in [2.24, 2.45) is 0 Å². The molecule has 20 heteroatoms. The summed E-state index contributed by atoms with van der Waals surface area (Å²) in [5.74, 6) is 0. The SMILES string of the molecule is CC(C[SiH]1O[Si](C)([SiH2]C(Cl)Cl)O[Si](C)([SiH2]C(Cl)Cl)O[Si](C)([SiH2]C(Cl)Cl)O1)[SiH2]C(Cl)Cl. The molecule has 1 rings (SSSR count). The first-order valence-corrected chi connectivity index (χ1v) is 32.7. The lowest BCUT2D eigenvalue weighted by molar-refractivity contribution is 0.270. The van der Waals surface area contributed by atoms with E-state index in [1.165, 1.54) is 0 Å². The summed E-state index contributed by atoms with van der Waals surface area (Å²) in [5, 5.41) is 0. The van der Waals surface area contributed by atoms with E-state index in [0.29, 0.717) is 5.54 Å². The predicted octanol–water partition coefficient (Wildman–Crippen LogP) is 2.52. The number of hydrogen-bond donors (Lipinski definition) is 0. The van der Waals surface area contributed by atoms with Crippen LogP contribution in [-0.4, -0.2) is 88.0 Å². The maximum atomic E-state index is 6.76. The highest BCUT2D eigenvalue weighted by molar-refractivity contribution is 7.34. The molecule has 30 heavy (non-hydrogen) atoms. The van der Waals surface area contributed by atoms with Gasteiger partial charge in [0.2, 0.25) is 0 Å². The summed E-state index contributed by atoms with van der Waals surface area (Å²) in [6, 6.07) is 0.788. The highest BCUT2D eigenvalue weighted by Gasteiger charge is 2.54. The first kappa shape index (κ1) is 31.9. The quantitative estimate of drug-likeness (QED) is 0.257. The maximum Gasteiger partial charge on any atom is 0.303 e. The largest absolute Gasteiger partial charge is 0.421 e. The highest BCUT2D eigenvalue weighted by Crippen LogP contribution is 2.31. The standard InChI is InChI=1S/C10H28Cl8O4Si8/c1-6(23-7(11)12)5-27-19-28(2,24-8(13)14)21-30(4,26-10(17)18)22-29(3,20-27)25-9(15)16/h6-10,27H,5,23-26H2,1-4H3. The van der Waals surface area contributed by atoms with Gasteiger partial charge in [0, 0.05) is 0 Å². The van der Waals surface area contributed by atoms with Crippen molar-refractivity contribution < 1.29 is 16.5 Å². The Labute approximate surface area is 233 Å². The van der Waals surface area contributed by atoms with E-state index in [1.54, 1.807) is 0 Å². The van der Waals surface area contributed by atoms with Gasteiger partial charge in [-0.25, -0.2) is 0 Å². The number of hydrogen-bond acceptors (Lipinski definition) is 4. The molecule has 1 heterocycles. The third kappa shape index (κ3) is 12.7. The third-order valence-electron chi connectivity index (χ3n) is 4.38. The Balaban J connectivity index is 3.27. The molecule has 3 atom stereocenters. The van der Waals surface area contributed by atoms with Crippen molar-refractivity contribution in [3.05, 3.63) is 0 Å². The number of alkyl halides is 8. The molecule has 4 nitrogen and oxygen atoms in total. The van der Waals surface area contributed by atoms with Crippen molar-refractivity contribution in [1.29, 1.82) is 0 Å². The van der Waals surface area contributed by atoms with E-state index in [1.807, 2.05) is 19.6 Å². The Morgan fingerprint density at radius 1 is 0.667 bits per heavy atom. The second-order valence-corrected chi connectivity index (χ2v) is 50.5. The molecule has 0 spiro atoms. The van der Waals surface area contributed by atoms with Crippen molar-refractivity contribution in [3.63, 3.8) is 0 Å². The van der Waals surface area contributed by atoms with E-state index in [-0.39, 0.29) is 4.46 Å². The molecule has 0 aromatic rings. The van der Waals surface area contributed by atoms with Crippen LogP contribution in [0.2, 0.25) is 31.2 Å². The topological polar surface area (TPSA) is 36.9 Å². The van der Waals surface area contributed by atoms with E-state index in [4.69, 9.17) is 109 Å². The molecule has 1 aliphatic rings. The van der Waals surface area contributed by atoms with Crippen LogP contribution >= 0.6 is 92.8 Å². The van der Waals surface area contributed by atoms with Crippen molar-refractivity contribution >= 4 is 163 Å². The average molecular weight is 721 g/mol. The Kier molecular flexibility index (Phi) is 14.9. The Morgan fingerprint density at radius 2 is 1.03 bits per heavy atom. The van der Waals surface area contributed by atoms with E-state index >= 15 is 0 Å². The smallest absolute Gasteiger partial charge is 0.303 e. The van der Waals surface area contributed by atoms with Gasteiger partial charge in [0.1, 0.15) is 27.1 Å². The molecule has 0 radical (unpaired) electrons. The second kappa shape index (κ2) is 14.0. The predicted molar refractivity (Wildman–Crippen MR) is 157 cm³/mol. The molecule has 3 unspecified atom stereocenters. The molecule has 0 amide bonds. The third-order valence-corrected chi connectivity index (χ3v) is 50.9. The monoisotopic (exact) mass is 716 g/mol. The van der Waals surface area contributed by atoms with E-state index in [2.05, 4.69) is 6.92 Å². The van der Waals surface area contributed by atoms with Crippen molar-refractivity contribution in [1.82, 2.24) is 0 Å². The Hall–Kier alpha value is 3.90. The minimum Gasteiger partial charge on any atom is -0.421 e. The first-order chi connectivity index (χ1) is 13.6. The summed E-state index contributed by atoms with van der Waals surface area (Å²) in [7, 11) is -14.2. The minimum absolute atomic E-state index is 0.303. The van der Waals surface area contributed by atoms with E-state index in [0.717, 1.165) is 6.04 Å². The van der Waals surface area contributed by atoms with Gasteiger partial charge in [0.15, 0.2) is 0 Å². The average Bonchev–Trinajstić information content (AvgIpc) is 2.39. The van der Waals surface area contributed by atoms with Crippen LogP contribution in [0.25, 0.3) is 0 Å². The van der Waals surface area contributed by atoms with Crippen LogP contribution in [0.5, 0.6) is 0 Å². The number of halogens is 8. The summed E-state index contributed by atoms with van der Waals surface area (Å²) in [5.41, 5.74) is 0.361. The molecule has 0 bridgehead atoms. The van der Waals surface area contributed by atoms with Gasteiger partial charge in [-0.3, -0.25) is 0 Å². The molecule has 0 saturated carbocycles. The normalized spacial score (nSPS) is 36.2. The lowest BCUT2D eigenvalue weighted by atomic mass is 10.6. The van der Waals surface area contributed by atoms with Crippen LogP contribution in [-0.2, 0) is 16.5 Å². The van der Waals surface area contributed by atoms with Crippen LogP contribution in [0.3, 0.4) is 0 Å². The van der Waals surface area contributed by atoms with Gasteiger partial charge in [0.05, 0.1) is 27.4 Å². The van der Waals surface area contributed by atoms with Crippen LogP contribution in [0.1, 0.15) is 6.92 Å². The van der Waals surface area contributed by atoms with Gasteiger partial charge < -0.3 is 16.5 Å². The fraction of sp³-hybridized carbons (Fsp3) is 1.00. The van der Waals surface area contributed by atoms with Crippen LogP contribution < -0.4 is 0 Å². The molecule has 0 aliphatic carbocycles. The number of rotatable bonds is 10. The Bertz CT molecular complexity index is 514. The van der Waals surface area contributed by atoms with Crippen molar-refractivity contribution in [2.75, 3.05) is 0 Å². The minimum atomic E-state index is -2.71. The summed E-state index contributed by atoms with van der Waals surface area (Å²) < 4.78 is 25.2. The molecular weight excluding hydrogens is 692 g/mol. The van der Waals surface area contributed by atoms with Crippen molar-refractivity contribution in [2.45, 2.75) is 56.0 Å². The highest BCUT2D eigenvalue weighted by atomic mass is 35.5. The summed E-state index contributed by atoms with van der Waals surface area (Å²) in [4.78, 5) is 0. The zero-order valence-corrected chi connectivity index (χ0v) is 33.0. The lowest BCUT2D eigenvalue weighted by Gasteiger charge is -2.48. The first-order valence-electron chi connectivity index (χ1n) is 9.44. The fourth-order valence-corrected chi connectivity index (χ4v) is 69.8. The Morgan fingerprint density at radius 3 is 1.37 bits per heavy atom. The molecule has 1 aliphatic heterocycles. The molecule has 1 saturated heterocycles. The molecule has 180 valence electrons. The van der Waals surface area contributed by atoms with Gasteiger partial charge in [-0.15, -0.1) is 92.8 Å². The molecule has 0 aromatic heterocycles. The van der Waals surface area contributed by atoms with Crippen molar-refractivity contribution in [3.8, 4) is 0 Å². The van der Waals surface area contributed by atoms with Crippen LogP contribution in [0.15, 0.2) is 0 Å². The van der Waals surface area contributed by atoms with Crippen LogP contribution in [0.4, 0.5) is 0 Å². The lowest BCUT2D eigenvalue weighted by Crippen LogP contribution is -2.71. The van der Waals surface area contributed by atoms with Gasteiger partial charge >= 0.3 is 9.28 Å². The summed E-state index contributed by atoms with van der Waals surface area (Å²) in [6.45, 7) is 8.22. The maximum absolute atomic E-state index is 6.76.